The summed E-state index contributed by atoms with van der Waals surface area (Å²) in [5, 5.41) is 0. The predicted molar refractivity (Wildman–Crippen MR) is 84.9 cm³/mol. The van der Waals surface area contributed by atoms with E-state index in [1.165, 1.54) is 4.90 Å². The summed E-state index contributed by atoms with van der Waals surface area (Å²) in [4.78, 5) is 13.3. The smallest absolute Gasteiger partial charge is 0.262 e. The number of benzene rings is 1. The molecule has 4 nitrogen and oxygen atoms in total. The molecular formula is C15H23BrN2O2. The fourth-order valence-corrected chi connectivity index (χ4v) is 2.34. The minimum absolute atomic E-state index is 0.0611. The lowest BCUT2D eigenvalue weighted by molar-refractivity contribution is -0.135. The molecule has 2 N–H and O–H groups in total. The Morgan fingerprint density at radius 2 is 2.10 bits per heavy atom. The lowest BCUT2D eigenvalue weighted by Gasteiger charge is -2.19. The number of nitrogens with zero attached hydrogens (tertiary/aromatic N) is 1. The predicted octanol–water partition coefficient (Wildman–Crippen LogP) is 2.58. The molecule has 0 spiro atoms. The van der Waals surface area contributed by atoms with Crippen LogP contribution in [0.3, 0.4) is 0 Å². The first-order chi connectivity index (χ1) is 9.35. The van der Waals surface area contributed by atoms with Gasteiger partial charge in [0.25, 0.3) is 5.91 Å². The van der Waals surface area contributed by atoms with Crippen LogP contribution in [0.4, 0.5) is 0 Å². The second-order valence-corrected chi connectivity index (χ2v) is 5.98. The van der Waals surface area contributed by atoms with Gasteiger partial charge in [-0.05, 0) is 53.4 Å². The van der Waals surface area contributed by atoms with E-state index in [1.54, 1.807) is 21.0 Å². The number of rotatable bonds is 6. The van der Waals surface area contributed by atoms with Gasteiger partial charge in [0.15, 0.2) is 6.10 Å². The van der Waals surface area contributed by atoms with E-state index < -0.39 is 6.10 Å². The second-order valence-electron chi connectivity index (χ2n) is 5.13. The van der Waals surface area contributed by atoms with Crippen molar-refractivity contribution in [3.63, 3.8) is 0 Å². The van der Waals surface area contributed by atoms with E-state index >= 15 is 0 Å². The van der Waals surface area contributed by atoms with Crippen molar-refractivity contribution in [2.45, 2.75) is 38.8 Å². The molecule has 112 valence electrons. The number of nitrogens with two attached hydrogens (primary N) is 1. The first kappa shape index (κ1) is 17.0. The molecular weight excluding hydrogens is 320 g/mol. The van der Waals surface area contributed by atoms with Gasteiger partial charge in [-0.1, -0.05) is 13.0 Å². The molecule has 1 amide bonds. The summed E-state index contributed by atoms with van der Waals surface area (Å²) in [6.07, 6.45) is 1.27. The van der Waals surface area contributed by atoms with E-state index in [1.807, 2.05) is 18.2 Å². The number of hydrogen-bond donors (Lipinski definition) is 1. The first-order valence-electron chi connectivity index (χ1n) is 6.77. The van der Waals surface area contributed by atoms with Gasteiger partial charge in [0.05, 0.1) is 4.47 Å². The highest BCUT2D eigenvalue weighted by Crippen LogP contribution is 2.27. The number of likely N-dealkylation sites (N-methyl/N-ethyl adjacent to an activating group) is 1. The zero-order valence-corrected chi connectivity index (χ0v) is 14.1. The third-order valence-corrected chi connectivity index (χ3v) is 3.73. The van der Waals surface area contributed by atoms with E-state index in [0.29, 0.717) is 5.75 Å². The van der Waals surface area contributed by atoms with Crippen molar-refractivity contribution in [2.75, 3.05) is 14.1 Å². The highest BCUT2D eigenvalue weighted by molar-refractivity contribution is 9.10. The van der Waals surface area contributed by atoms with Crippen LogP contribution in [0.5, 0.6) is 5.75 Å². The van der Waals surface area contributed by atoms with Crippen LogP contribution in [0, 0.1) is 0 Å². The summed E-state index contributed by atoms with van der Waals surface area (Å²) >= 11 is 3.48. The molecule has 20 heavy (non-hydrogen) atoms. The van der Waals surface area contributed by atoms with Crippen molar-refractivity contribution in [1.82, 2.24) is 4.90 Å². The Hall–Kier alpha value is -1.07. The number of halogens is 1. The Balaban J connectivity index is 2.76. The van der Waals surface area contributed by atoms with Crippen LogP contribution in [0.1, 0.15) is 25.8 Å². The molecule has 0 bridgehead atoms. The summed E-state index contributed by atoms with van der Waals surface area (Å²) in [7, 11) is 3.43. The summed E-state index contributed by atoms with van der Waals surface area (Å²) in [5.41, 5.74) is 7.11. The molecule has 5 heteroatoms. The van der Waals surface area contributed by atoms with E-state index in [4.69, 9.17) is 10.5 Å². The summed E-state index contributed by atoms with van der Waals surface area (Å²) < 4.78 is 6.53. The SMILES string of the molecule is CCC(N)Cc1ccc(OC(C)C(=O)N(C)C)c(Br)c1. The largest absolute Gasteiger partial charge is 0.480 e. The van der Waals surface area contributed by atoms with Crippen LogP contribution in [-0.4, -0.2) is 37.0 Å². The second kappa shape index (κ2) is 7.64. The quantitative estimate of drug-likeness (QED) is 0.864. The molecule has 0 aromatic heterocycles. The normalized spacial score (nSPS) is 13.7. The minimum Gasteiger partial charge on any atom is -0.480 e. The summed E-state index contributed by atoms with van der Waals surface area (Å²) in [6.45, 7) is 3.82. The van der Waals surface area contributed by atoms with Gasteiger partial charge >= 0.3 is 0 Å². The van der Waals surface area contributed by atoms with Crippen LogP contribution < -0.4 is 10.5 Å². The van der Waals surface area contributed by atoms with Gasteiger partial charge in [0.2, 0.25) is 0 Å². The molecule has 1 aromatic rings. The molecule has 0 saturated carbocycles. The molecule has 0 saturated heterocycles. The first-order valence-corrected chi connectivity index (χ1v) is 7.56. The lowest BCUT2D eigenvalue weighted by Crippen LogP contribution is -2.35. The lowest BCUT2D eigenvalue weighted by atomic mass is 10.0. The molecule has 0 aliphatic heterocycles. The van der Waals surface area contributed by atoms with E-state index in [0.717, 1.165) is 22.9 Å². The molecule has 0 aliphatic rings. The maximum atomic E-state index is 11.8. The van der Waals surface area contributed by atoms with Crippen molar-refractivity contribution >= 4 is 21.8 Å². The van der Waals surface area contributed by atoms with Crippen LogP contribution in [0.25, 0.3) is 0 Å². The zero-order chi connectivity index (χ0) is 15.3. The monoisotopic (exact) mass is 342 g/mol. The topological polar surface area (TPSA) is 55.6 Å². The Labute approximate surface area is 129 Å². The van der Waals surface area contributed by atoms with Crippen LogP contribution in [-0.2, 0) is 11.2 Å². The van der Waals surface area contributed by atoms with Crippen LogP contribution in [0.2, 0.25) is 0 Å². The van der Waals surface area contributed by atoms with Gasteiger partial charge in [0.1, 0.15) is 5.75 Å². The highest BCUT2D eigenvalue weighted by atomic mass is 79.9. The van der Waals surface area contributed by atoms with Crippen LogP contribution >= 0.6 is 15.9 Å². The number of carbonyl (C=O) groups excluding carboxylic acids is 1. The maximum Gasteiger partial charge on any atom is 0.262 e. The number of ether oxygens (including phenoxy) is 1. The average Bonchev–Trinajstić information content (AvgIpc) is 2.40. The van der Waals surface area contributed by atoms with E-state index in [9.17, 15) is 4.79 Å². The molecule has 1 aromatic carbocycles. The number of carbonyl (C=O) groups is 1. The molecule has 0 radical (unpaired) electrons. The molecule has 2 atom stereocenters. The summed E-state index contributed by atoms with van der Waals surface area (Å²) in [5.74, 6) is 0.607. The van der Waals surface area contributed by atoms with Gasteiger partial charge in [-0.25, -0.2) is 0 Å². The van der Waals surface area contributed by atoms with Gasteiger partial charge in [0, 0.05) is 20.1 Å². The van der Waals surface area contributed by atoms with Gasteiger partial charge in [-0.2, -0.15) is 0 Å². The van der Waals surface area contributed by atoms with E-state index in [-0.39, 0.29) is 11.9 Å². The van der Waals surface area contributed by atoms with E-state index in [2.05, 4.69) is 22.9 Å². The van der Waals surface area contributed by atoms with Gasteiger partial charge in [-0.15, -0.1) is 0 Å². The van der Waals surface area contributed by atoms with Crippen LogP contribution in [0.15, 0.2) is 22.7 Å². The van der Waals surface area contributed by atoms with Crippen molar-refractivity contribution in [3.05, 3.63) is 28.2 Å². The summed E-state index contributed by atoms with van der Waals surface area (Å²) in [6, 6.07) is 6.03. The Morgan fingerprint density at radius 1 is 1.45 bits per heavy atom. The molecule has 2 unspecified atom stereocenters. The van der Waals surface area contributed by atoms with Crippen molar-refractivity contribution in [3.8, 4) is 5.75 Å². The highest BCUT2D eigenvalue weighted by Gasteiger charge is 2.17. The van der Waals surface area contributed by atoms with Crippen molar-refractivity contribution < 1.29 is 9.53 Å². The molecule has 0 fully saturated rings. The number of amides is 1. The molecule has 0 aliphatic carbocycles. The van der Waals surface area contributed by atoms with Crippen molar-refractivity contribution in [2.24, 2.45) is 5.73 Å². The number of hydrogen-bond acceptors (Lipinski definition) is 3. The molecule has 1 rings (SSSR count). The average molecular weight is 343 g/mol. The fourth-order valence-electron chi connectivity index (χ4n) is 1.82. The van der Waals surface area contributed by atoms with Crippen molar-refractivity contribution in [1.29, 1.82) is 0 Å². The zero-order valence-electron chi connectivity index (χ0n) is 12.5. The Morgan fingerprint density at radius 3 is 2.60 bits per heavy atom. The standard InChI is InChI=1S/C15H23BrN2O2/c1-5-12(17)8-11-6-7-14(13(16)9-11)20-10(2)15(19)18(3)4/h6-7,9-10,12H,5,8,17H2,1-4H3. The van der Waals surface area contributed by atoms with Gasteiger partial charge < -0.3 is 15.4 Å². The Bertz CT molecular complexity index is 463. The minimum atomic E-state index is -0.509. The maximum absolute atomic E-state index is 11.8. The molecule has 0 heterocycles. The third kappa shape index (κ3) is 4.80. The third-order valence-electron chi connectivity index (χ3n) is 3.11. The fraction of sp³-hybridized carbons (Fsp3) is 0.533. The van der Waals surface area contributed by atoms with Gasteiger partial charge in [-0.3, -0.25) is 4.79 Å². The Kier molecular flexibility index (Phi) is 6.49.